The standard InChI is InChI=1S/C15H28N2O5/c1-12(18)5-7-21-10-14(11-22-8-6-13(2)19)17(4)15(20)9-16-3/h14,16H,5-11H2,1-4H3. The molecule has 0 radical (unpaired) electrons. The number of ketones is 2. The summed E-state index contributed by atoms with van der Waals surface area (Å²) < 4.78 is 10.9. The Hall–Kier alpha value is -1.31. The zero-order chi connectivity index (χ0) is 17.0. The molecule has 22 heavy (non-hydrogen) atoms. The molecule has 1 amide bonds. The molecule has 7 heteroatoms. The molecule has 0 aromatic heterocycles. The highest BCUT2D eigenvalue weighted by Crippen LogP contribution is 2.01. The summed E-state index contributed by atoms with van der Waals surface area (Å²) in [7, 11) is 3.39. The third-order valence-corrected chi connectivity index (χ3v) is 3.09. The van der Waals surface area contributed by atoms with Crippen molar-refractivity contribution in [3.63, 3.8) is 0 Å². The summed E-state index contributed by atoms with van der Waals surface area (Å²) in [6.07, 6.45) is 0.707. The Morgan fingerprint density at radius 1 is 1.00 bits per heavy atom. The third kappa shape index (κ3) is 10.4. The van der Waals surface area contributed by atoms with Crippen molar-refractivity contribution in [1.82, 2.24) is 10.2 Å². The van der Waals surface area contributed by atoms with Gasteiger partial charge in [-0.05, 0) is 20.9 Å². The van der Waals surface area contributed by atoms with Crippen LogP contribution in [0.25, 0.3) is 0 Å². The Balaban J connectivity index is 4.31. The molecule has 7 nitrogen and oxygen atoms in total. The number of nitrogens with one attached hydrogen (secondary N) is 1. The lowest BCUT2D eigenvalue weighted by atomic mass is 10.2. The molecular formula is C15H28N2O5. The number of likely N-dealkylation sites (N-methyl/N-ethyl adjacent to an activating group) is 2. The minimum Gasteiger partial charge on any atom is -0.379 e. The van der Waals surface area contributed by atoms with Crippen LogP contribution in [0.3, 0.4) is 0 Å². The summed E-state index contributed by atoms with van der Waals surface area (Å²) in [6, 6.07) is -0.250. The molecule has 0 aliphatic heterocycles. The maximum atomic E-state index is 11.9. The smallest absolute Gasteiger partial charge is 0.236 e. The molecule has 0 bridgehead atoms. The molecule has 0 heterocycles. The Kier molecular flexibility index (Phi) is 11.5. The highest BCUT2D eigenvalue weighted by Gasteiger charge is 2.20. The van der Waals surface area contributed by atoms with Gasteiger partial charge in [-0.1, -0.05) is 0 Å². The fourth-order valence-corrected chi connectivity index (χ4v) is 1.62. The Bertz CT molecular complexity index is 338. The van der Waals surface area contributed by atoms with Crippen molar-refractivity contribution in [1.29, 1.82) is 0 Å². The minimum atomic E-state index is -0.250. The Morgan fingerprint density at radius 2 is 1.45 bits per heavy atom. The maximum absolute atomic E-state index is 11.9. The number of nitrogens with zero attached hydrogens (tertiary/aromatic N) is 1. The van der Waals surface area contributed by atoms with Gasteiger partial charge in [0, 0.05) is 19.9 Å². The zero-order valence-electron chi connectivity index (χ0n) is 14.0. The molecule has 0 saturated carbocycles. The maximum Gasteiger partial charge on any atom is 0.236 e. The second kappa shape index (κ2) is 12.3. The minimum absolute atomic E-state index is 0.0638. The average Bonchev–Trinajstić information content (AvgIpc) is 2.44. The van der Waals surface area contributed by atoms with E-state index >= 15 is 0 Å². The molecule has 0 aliphatic rings. The van der Waals surface area contributed by atoms with Gasteiger partial charge in [-0.25, -0.2) is 0 Å². The molecule has 0 rings (SSSR count). The molecule has 0 unspecified atom stereocenters. The van der Waals surface area contributed by atoms with Crippen LogP contribution in [0.2, 0.25) is 0 Å². The third-order valence-electron chi connectivity index (χ3n) is 3.09. The van der Waals surface area contributed by atoms with Crippen LogP contribution >= 0.6 is 0 Å². The number of Topliss-reactive ketones (excluding diaryl/α,β-unsaturated/α-hetero) is 2. The summed E-state index contributed by atoms with van der Waals surface area (Å²) >= 11 is 0. The van der Waals surface area contributed by atoms with E-state index in [1.165, 1.54) is 13.8 Å². The highest BCUT2D eigenvalue weighted by molar-refractivity contribution is 5.78. The van der Waals surface area contributed by atoms with E-state index in [1.54, 1.807) is 19.0 Å². The van der Waals surface area contributed by atoms with Gasteiger partial charge in [0.25, 0.3) is 0 Å². The normalized spacial score (nSPS) is 10.8. The predicted octanol–water partition coefficient (Wildman–Crippen LogP) is 0.0242. The van der Waals surface area contributed by atoms with Crippen molar-refractivity contribution in [2.75, 3.05) is 47.1 Å². The largest absolute Gasteiger partial charge is 0.379 e. The quantitative estimate of drug-likeness (QED) is 0.482. The Morgan fingerprint density at radius 3 is 1.82 bits per heavy atom. The molecule has 0 saturated heterocycles. The number of hydrogen-bond acceptors (Lipinski definition) is 6. The van der Waals surface area contributed by atoms with Gasteiger partial charge in [0.1, 0.15) is 11.6 Å². The van der Waals surface area contributed by atoms with E-state index in [4.69, 9.17) is 9.47 Å². The first kappa shape index (κ1) is 20.7. The summed E-state index contributed by atoms with van der Waals surface area (Å²) in [4.78, 5) is 35.2. The van der Waals surface area contributed by atoms with Crippen LogP contribution in [0.4, 0.5) is 0 Å². The van der Waals surface area contributed by atoms with Gasteiger partial charge in [-0.15, -0.1) is 0 Å². The number of carbonyl (C=O) groups is 3. The van der Waals surface area contributed by atoms with Gasteiger partial charge < -0.3 is 19.7 Å². The predicted molar refractivity (Wildman–Crippen MR) is 82.7 cm³/mol. The first-order valence-corrected chi connectivity index (χ1v) is 7.43. The number of amides is 1. The van der Waals surface area contributed by atoms with Gasteiger partial charge in [0.05, 0.1) is 39.0 Å². The van der Waals surface area contributed by atoms with Crippen molar-refractivity contribution in [3.8, 4) is 0 Å². The lowest BCUT2D eigenvalue weighted by molar-refractivity contribution is -0.134. The average molecular weight is 316 g/mol. The van der Waals surface area contributed by atoms with Crippen molar-refractivity contribution >= 4 is 17.5 Å². The summed E-state index contributed by atoms with van der Waals surface area (Å²) in [5, 5.41) is 2.81. The second-order valence-electron chi connectivity index (χ2n) is 5.24. The molecule has 128 valence electrons. The summed E-state index contributed by atoms with van der Waals surface area (Å²) in [5.41, 5.74) is 0. The van der Waals surface area contributed by atoms with E-state index in [0.717, 1.165) is 0 Å². The van der Waals surface area contributed by atoms with Crippen molar-refractivity contribution in [2.24, 2.45) is 0 Å². The van der Waals surface area contributed by atoms with Crippen LogP contribution in [0, 0.1) is 0 Å². The number of ether oxygens (including phenoxy) is 2. The summed E-state index contributed by atoms with van der Waals surface area (Å²) in [5.74, 6) is 0.0561. The highest BCUT2D eigenvalue weighted by atomic mass is 16.5. The van der Waals surface area contributed by atoms with E-state index in [-0.39, 0.29) is 30.1 Å². The topological polar surface area (TPSA) is 84.9 Å². The number of hydrogen-bond donors (Lipinski definition) is 1. The van der Waals surface area contributed by atoms with Crippen LogP contribution in [0.15, 0.2) is 0 Å². The lowest BCUT2D eigenvalue weighted by Gasteiger charge is -2.28. The van der Waals surface area contributed by atoms with E-state index in [0.29, 0.717) is 39.3 Å². The first-order chi connectivity index (χ1) is 10.4. The molecule has 0 spiro atoms. The number of rotatable bonds is 13. The van der Waals surface area contributed by atoms with Gasteiger partial charge >= 0.3 is 0 Å². The van der Waals surface area contributed by atoms with Gasteiger partial charge in [-0.2, -0.15) is 0 Å². The van der Waals surface area contributed by atoms with Gasteiger partial charge in [0.2, 0.25) is 5.91 Å². The number of carbonyl (C=O) groups excluding carboxylic acids is 3. The van der Waals surface area contributed by atoms with Crippen molar-refractivity contribution in [2.45, 2.75) is 32.7 Å². The van der Waals surface area contributed by atoms with E-state index in [1.807, 2.05) is 0 Å². The monoisotopic (exact) mass is 316 g/mol. The van der Waals surface area contributed by atoms with Crippen LogP contribution in [-0.2, 0) is 23.9 Å². The van der Waals surface area contributed by atoms with Crippen LogP contribution in [-0.4, -0.2) is 75.5 Å². The summed E-state index contributed by atoms with van der Waals surface area (Å²) in [6.45, 7) is 4.48. The van der Waals surface area contributed by atoms with Gasteiger partial charge in [-0.3, -0.25) is 14.4 Å². The molecule has 0 atom stereocenters. The molecular weight excluding hydrogens is 288 g/mol. The molecule has 0 fully saturated rings. The van der Waals surface area contributed by atoms with Crippen LogP contribution < -0.4 is 5.32 Å². The van der Waals surface area contributed by atoms with E-state index in [2.05, 4.69) is 5.32 Å². The fourth-order valence-electron chi connectivity index (χ4n) is 1.62. The SMILES string of the molecule is CNCC(=O)N(C)C(COCCC(C)=O)COCCC(C)=O. The van der Waals surface area contributed by atoms with Gasteiger partial charge in [0.15, 0.2) is 0 Å². The fraction of sp³-hybridized carbons (Fsp3) is 0.800. The Labute approximate surface area is 132 Å². The lowest BCUT2D eigenvalue weighted by Crippen LogP contribution is -2.46. The second-order valence-corrected chi connectivity index (χ2v) is 5.24. The molecule has 0 aliphatic carbocycles. The first-order valence-electron chi connectivity index (χ1n) is 7.43. The van der Waals surface area contributed by atoms with E-state index in [9.17, 15) is 14.4 Å². The van der Waals surface area contributed by atoms with E-state index < -0.39 is 0 Å². The molecule has 0 aromatic carbocycles. The molecule has 0 aromatic rings. The van der Waals surface area contributed by atoms with Crippen LogP contribution in [0.1, 0.15) is 26.7 Å². The molecule has 1 N–H and O–H groups in total. The zero-order valence-corrected chi connectivity index (χ0v) is 14.0. The van der Waals surface area contributed by atoms with Crippen LogP contribution in [0.5, 0.6) is 0 Å². The van der Waals surface area contributed by atoms with Crippen molar-refractivity contribution in [3.05, 3.63) is 0 Å². The van der Waals surface area contributed by atoms with Crippen molar-refractivity contribution < 1.29 is 23.9 Å².